The molecule has 0 aliphatic rings. The minimum atomic E-state index is -0.293. The zero-order chi connectivity index (χ0) is 13.1. The maximum atomic E-state index is 12.1. The van der Waals surface area contributed by atoms with Crippen molar-refractivity contribution in [2.45, 2.75) is 12.1 Å². The average molecular weight is 283 g/mol. The summed E-state index contributed by atoms with van der Waals surface area (Å²) in [4.78, 5) is 12.1. The number of carbonyl (C=O) groups excluding carboxylic acids is 1. The van der Waals surface area contributed by atoms with E-state index in [0.717, 1.165) is 0 Å². The molecule has 1 aromatic heterocycles. The van der Waals surface area contributed by atoms with Gasteiger partial charge in [0.1, 0.15) is 5.82 Å². The molecule has 7 heteroatoms. The molecule has 5 nitrogen and oxygen atoms in total. The minimum Gasteiger partial charge on any atom is -0.267 e. The normalized spacial score (nSPS) is 10.4. The SMILES string of the molecule is CSc1nnc(C)n1NC(=O)c1ccccc1Cl. The van der Waals surface area contributed by atoms with Crippen LogP contribution in [0.15, 0.2) is 29.4 Å². The zero-order valence-electron chi connectivity index (χ0n) is 9.85. The van der Waals surface area contributed by atoms with Crippen molar-refractivity contribution in [3.8, 4) is 0 Å². The van der Waals surface area contributed by atoms with E-state index in [1.54, 1.807) is 31.2 Å². The van der Waals surface area contributed by atoms with Crippen molar-refractivity contribution in [2.24, 2.45) is 0 Å². The van der Waals surface area contributed by atoms with Crippen molar-refractivity contribution < 1.29 is 4.79 Å². The van der Waals surface area contributed by atoms with Crippen molar-refractivity contribution in [1.29, 1.82) is 0 Å². The molecule has 1 heterocycles. The van der Waals surface area contributed by atoms with Crippen molar-refractivity contribution in [1.82, 2.24) is 14.9 Å². The lowest BCUT2D eigenvalue weighted by molar-refractivity contribution is 0.101. The highest BCUT2D eigenvalue weighted by Crippen LogP contribution is 2.16. The molecule has 0 unspecified atom stereocenters. The van der Waals surface area contributed by atoms with E-state index in [1.807, 2.05) is 6.26 Å². The van der Waals surface area contributed by atoms with E-state index in [4.69, 9.17) is 11.6 Å². The second-order valence-corrected chi connectivity index (χ2v) is 4.67. The van der Waals surface area contributed by atoms with Gasteiger partial charge < -0.3 is 0 Å². The van der Waals surface area contributed by atoms with Gasteiger partial charge >= 0.3 is 0 Å². The number of halogens is 1. The van der Waals surface area contributed by atoms with Gasteiger partial charge in [0, 0.05) is 0 Å². The summed E-state index contributed by atoms with van der Waals surface area (Å²) in [5.41, 5.74) is 3.13. The summed E-state index contributed by atoms with van der Waals surface area (Å²) in [6.45, 7) is 1.76. The summed E-state index contributed by atoms with van der Waals surface area (Å²) in [6.07, 6.45) is 1.86. The van der Waals surface area contributed by atoms with E-state index in [0.29, 0.717) is 21.6 Å². The van der Waals surface area contributed by atoms with Crippen LogP contribution >= 0.6 is 23.4 Å². The number of benzene rings is 1. The zero-order valence-corrected chi connectivity index (χ0v) is 11.4. The van der Waals surface area contributed by atoms with Crippen molar-refractivity contribution in [3.63, 3.8) is 0 Å². The van der Waals surface area contributed by atoms with Crippen LogP contribution in [0, 0.1) is 6.92 Å². The van der Waals surface area contributed by atoms with Gasteiger partial charge in [-0.25, -0.2) is 4.68 Å². The third-order valence-corrected chi connectivity index (χ3v) is 3.27. The fraction of sp³-hybridized carbons (Fsp3) is 0.182. The molecular weight excluding hydrogens is 272 g/mol. The molecule has 0 aliphatic heterocycles. The molecule has 0 atom stereocenters. The molecule has 0 saturated heterocycles. The summed E-state index contributed by atoms with van der Waals surface area (Å²) in [5.74, 6) is 0.318. The predicted octanol–water partition coefficient (Wildman–Crippen LogP) is 2.35. The highest BCUT2D eigenvalue weighted by atomic mass is 35.5. The van der Waals surface area contributed by atoms with Gasteiger partial charge in [0.25, 0.3) is 5.91 Å². The fourth-order valence-electron chi connectivity index (χ4n) is 1.41. The van der Waals surface area contributed by atoms with Crippen LogP contribution in [0.5, 0.6) is 0 Å². The number of rotatable bonds is 3. The molecule has 2 aromatic rings. The molecule has 18 heavy (non-hydrogen) atoms. The highest BCUT2D eigenvalue weighted by Gasteiger charge is 2.14. The Morgan fingerprint density at radius 2 is 2.11 bits per heavy atom. The van der Waals surface area contributed by atoms with E-state index in [-0.39, 0.29) is 5.91 Å². The molecular formula is C11H11ClN4OS. The molecule has 94 valence electrons. The van der Waals surface area contributed by atoms with Crippen LogP contribution in [-0.2, 0) is 0 Å². The van der Waals surface area contributed by atoms with Crippen LogP contribution in [0.25, 0.3) is 0 Å². The molecule has 2 rings (SSSR count). The monoisotopic (exact) mass is 282 g/mol. The Morgan fingerprint density at radius 3 is 2.78 bits per heavy atom. The molecule has 1 N–H and O–H groups in total. The lowest BCUT2D eigenvalue weighted by Gasteiger charge is -2.09. The van der Waals surface area contributed by atoms with Crippen LogP contribution in [0.2, 0.25) is 5.02 Å². The Kier molecular flexibility index (Phi) is 3.88. The number of aromatic nitrogens is 3. The van der Waals surface area contributed by atoms with Gasteiger partial charge in [-0.3, -0.25) is 10.2 Å². The van der Waals surface area contributed by atoms with Crippen LogP contribution in [-0.4, -0.2) is 27.0 Å². The molecule has 1 amide bonds. The van der Waals surface area contributed by atoms with Crippen LogP contribution in [0.4, 0.5) is 0 Å². The molecule has 0 bridgehead atoms. The first-order chi connectivity index (χ1) is 8.63. The summed E-state index contributed by atoms with van der Waals surface area (Å²) in [5, 5.41) is 8.86. The molecule has 0 aliphatic carbocycles. The number of amides is 1. The molecule has 0 fully saturated rings. The minimum absolute atomic E-state index is 0.293. The van der Waals surface area contributed by atoms with Crippen molar-refractivity contribution in [3.05, 3.63) is 40.7 Å². The molecule has 0 saturated carbocycles. The quantitative estimate of drug-likeness (QED) is 0.878. The smallest absolute Gasteiger partial charge is 0.267 e. The first kappa shape index (κ1) is 12.9. The topological polar surface area (TPSA) is 59.8 Å². The maximum Gasteiger partial charge on any atom is 0.271 e. The van der Waals surface area contributed by atoms with E-state index < -0.39 is 0 Å². The summed E-state index contributed by atoms with van der Waals surface area (Å²) in [7, 11) is 0. The average Bonchev–Trinajstić information content (AvgIpc) is 2.71. The highest BCUT2D eigenvalue weighted by molar-refractivity contribution is 7.98. The standard InChI is InChI=1S/C11H11ClN4OS/c1-7-13-14-11(18-2)16(7)15-10(17)8-5-3-4-6-9(8)12/h3-6H,1-2H3,(H,15,17). The second kappa shape index (κ2) is 5.41. The summed E-state index contributed by atoms with van der Waals surface area (Å²) < 4.78 is 1.54. The van der Waals surface area contributed by atoms with Gasteiger partial charge in [-0.05, 0) is 25.3 Å². The fourth-order valence-corrected chi connectivity index (χ4v) is 2.12. The van der Waals surface area contributed by atoms with Crippen molar-refractivity contribution >= 4 is 29.3 Å². The predicted molar refractivity (Wildman–Crippen MR) is 71.7 cm³/mol. The van der Waals surface area contributed by atoms with Gasteiger partial charge in [-0.15, -0.1) is 10.2 Å². The number of nitrogens with one attached hydrogen (secondary N) is 1. The second-order valence-electron chi connectivity index (χ2n) is 3.49. The van der Waals surface area contributed by atoms with Gasteiger partial charge in [-0.2, -0.15) is 0 Å². The van der Waals surface area contributed by atoms with Gasteiger partial charge in [0.2, 0.25) is 5.16 Å². The summed E-state index contributed by atoms with van der Waals surface area (Å²) >= 11 is 7.37. The Hall–Kier alpha value is -1.53. The first-order valence-corrected chi connectivity index (χ1v) is 6.75. The first-order valence-electron chi connectivity index (χ1n) is 5.15. The lowest BCUT2D eigenvalue weighted by atomic mass is 10.2. The molecule has 0 spiro atoms. The van der Waals surface area contributed by atoms with E-state index >= 15 is 0 Å². The number of hydrogen-bond donors (Lipinski definition) is 1. The van der Waals surface area contributed by atoms with Gasteiger partial charge in [0.15, 0.2) is 0 Å². The number of nitrogens with zero attached hydrogens (tertiary/aromatic N) is 3. The molecule has 1 aromatic carbocycles. The third-order valence-electron chi connectivity index (χ3n) is 2.31. The number of hydrogen-bond acceptors (Lipinski definition) is 4. The van der Waals surface area contributed by atoms with Gasteiger partial charge in [0.05, 0.1) is 10.6 Å². The van der Waals surface area contributed by atoms with Crippen LogP contribution in [0.3, 0.4) is 0 Å². The molecule has 0 radical (unpaired) electrons. The number of carbonyl (C=O) groups is 1. The van der Waals surface area contributed by atoms with Gasteiger partial charge in [-0.1, -0.05) is 35.5 Å². The summed E-state index contributed by atoms with van der Waals surface area (Å²) in [6, 6.07) is 6.87. The van der Waals surface area contributed by atoms with E-state index in [1.165, 1.54) is 16.4 Å². The number of thioether (sulfide) groups is 1. The van der Waals surface area contributed by atoms with Crippen LogP contribution in [0.1, 0.15) is 16.2 Å². The Balaban J connectivity index is 2.27. The van der Waals surface area contributed by atoms with E-state index in [2.05, 4.69) is 15.6 Å². The van der Waals surface area contributed by atoms with Crippen molar-refractivity contribution in [2.75, 3.05) is 11.7 Å². The third kappa shape index (κ3) is 2.49. The lowest BCUT2D eigenvalue weighted by Crippen LogP contribution is -2.24. The Morgan fingerprint density at radius 1 is 1.39 bits per heavy atom. The van der Waals surface area contributed by atoms with Crippen LogP contribution < -0.4 is 5.43 Å². The number of aryl methyl sites for hydroxylation is 1. The largest absolute Gasteiger partial charge is 0.271 e. The maximum absolute atomic E-state index is 12.1. The Bertz CT molecular complexity index is 584. The van der Waals surface area contributed by atoms with E-state index in [9.17, 15) is 4.79 Å². The Labute approximate surface area is 114 Å².